The van der Waals surface area contributed by atoms with Crippen LogP contribution in [0, 0.1) is 0 Å². The number of rotatable bonds is 9. The molecule has 0 radical (unpaired) electrons. The van der Waals surface area contributed by atoms with Crippen molar-refractivity contribution in [2.24, 2.45) is 0 Å². The van der Waals surface area contributed by atoms with Crippen LogP contribution in [0.4, 0.5) is 5.69 Å². The predicted octanol–water partition coefficient (Wildman–Crippen LogP) is -4.57. The molecule has 0 bridgehead atoms. The molecule has 0 aliphatic rings. The second-order valence-corrected chi connectivity index (χ2v) is 5.51. The van der Waals surface area contributed by atoms with Gasteiger partial charge in [-0.15, -0.1) is 0 Å². The molecule has 1 N–H and O–H groups in total. The van der Waals surface area contributed by atoms with Crippen molar-refractivity contribution in [1.29, 1.82) is 0 Å². The Kier molecular flexibility index (Phi) is 18.3. The molecule has 0 heterocycles. The number of phosphoric ester groups is 1. The molecule has 1 aromatic carbocycles. The minimum absolute atomic E-state index is 0. The molecule has 112 valence electrons. The molecule has 1 amide bonds. The molecular weight excluding hydrogens is 359 g/mol. The second kappa shape index (κ2) is 15.3. The van der Waals surface area contributed by atoms with Gasteiger partial charge in [0, 0.05) is 12.1 Å². The number of benzene rings is 1. The van der Waals surface area contributed by atoms with Crippen molar-refractivity contribution < 1.29 is 126 Å². The predicted molar refractivity (Wildman–Crippen MR) is 71.7 cm³/mol. The molecule has 0 aromatic heterocycles. The summed E-state index contributed by atoms with van der Waals surface area (Å²) in [4.78, 5) is 31.9. The van der Waals surface area contributed by atoms with Crippen LogP contribution in [0.25, 0.3) is 0 Å². The van der Waals surface area contributed by atoms with Gasteiger partial charge in [-0.3, -0.25) is 4.79 Å². The van der Waals surface area contributed by atoms with E-state index in [9.17, 15) is 19.1 Å². The van der Waals surface area contributed by atoms with Crippen LogP contribution in [0.1, 0.15) is 32.1 Å². The van der Waals surface area contributed by atoms with E-state index in [-0.39, 0.29) is 115 Å². The fourth-order valence-electron chi connectivity index (χ4n) is 1.66. The quantitative estimate of drug-likeness (QED) is 0.265. The van der Waals surface area contributed by atoms with E-state index < -0.39 is 7.82 Å². The number of unbranched alkanes of at least 4 members (excludes halogenated alkanes) is 3. The van der Waals surface area contributed by atoms with Crippen LogP contribution in [0.5, 0.6) is 0 Å². The van der Waals surface area contributed by atoms with Crippen molar-refractivity contribution in [3.05, 3.63) is 30.3 Å². The normalized spacial score (nSPS) is 10.3. The van der Waals surface area contributed by atoms with Crippen LogP contribution in [0.3, 0.4) is 0 Å². The summed E-state index contributed by atoms with van der Waals surface area (Å²) in [7, 11) is -4.84. The molecule has 0 spiro atoms. The minimum Gasteiger partial charge on any atom is -0.790 e. The van der Waals surface area contributed by atoms with Crippen molar-refractivity contribution in [2.75, 3.05) is 11.9 Å². The molecule has 0 aliphatic heterocycles. The molecule has 9 heteroatoms. The van der Waals surface area contributed by atoms with E-state index >= 15 is 0 Å². The van der Waals surface area contributed by atoms with Gasteiger partial charge < -0.3 is 24.2 Å². The van der Waals surface area contributed by atoms with Crippen molar-refractivity contribution in [3.63, 3.8) is 0 Å². The first-order chi connectivity index (χ1) is 9.47. The molecule has 22 heavy (non-hydrogen) atoms. The third-order valence-corrected chi connectivity index (χ3v) is 3.10. The van der Waals surface area contributed by atoms with E-state index in [1.54, 1.807) is 0 Å². The fraction of sp³-hybridized carbons (Fsp3) is 0.462. The van der Waals surface area contributed by atoms with E-state index in [2.05, 4.69) is 9.84 Å². The number of nitrogens with one attached hydrogen (secondary N) is 1. The molecule has 1 rings (SSSR count). The Labute approximate surface area is 216 Å². The van der Waals surface area contributed by atoms with Crippen molar-refractivity contribution in [1.82, 2.24) is 0 Å². The van der Waals surface area contributed by atoms with Gasteiger partial charge >= 0.3 is 103 Å². The number of phosphoric acid groups is 1. The van der Waals surface area contributed by atoms with Crippen LogP contribution in [-0.2, 0) is 13.9 Å². The number of anilines is 1. The molecule has 0 unspecified atom stereocenters. The van der Waals surface area contributed by atoms with E-state index in [0.717, 1.165) is 18.5 Å². The van der Waals surface area contributed by atoms with E-state index in [0.29, 0.717) is 19.3 Å². The van der Waals surface area contributed by atoms with Crippen LogP contribution in [-0.4, -0.2) is 12.5 Å². The summed E-state index contributed by atoms with van der Waals surface area (Å²) in [6.07, 6.45) is 3.13. The van der Waals surface area contributed by atoms with Gasteiger partial charge in [0.05, 0.1) is 14.4 Å². The van der Waals surface area contributed by atoms with Gasteiger partial charge in [0.15, 0.2) is 0 Å². The molecule has 1 aromatic rings. The average Bonchev–Trinajstić information content (AvgIpc) is 2.37. The number of para-hydroxylation sites is 1. The van der Waals surface area contributed by atoms with Crippen molar-refractivity contribution in [3.8, 4) is 0 Å². The number of hydrogen-bond acceptors (Lipinski definition) is 5. The van der Waals surface area contributed by atoms with Gasteiger partial charge in [0.1, 0.15) is 0 Å². The Bertz CT molecular complexity index is 455. The molecule has 0 aliphatic carbocycles. The average molecular weight is 377 g/mol. The third kappa shape index (κ3) is 15.6. The number of carbonyl (C=O) groups excluding carboxylic acids is 1. The molecule has 0 saturated carbocycles. The first-order valence-corrected chi connectivity index (χ1v) is 7.95. The van der Waals surface area contributed by atoms with Gasteiger partial charge in [-0.25, -0.2) is 0 Å². The standard InChI is InChI=1S/C13H20NO5P.2K/c15-13(14-12-8-4-3-5-9-12)10-6-1-2-7-11-19-20(16,17)18;;/h3-5,8-9H,1-2,6-7,10-11H2,(H,14,15)(H2,16,17,18);;/q;2*+1/p-2. The first kappa shape index (κ1) is 26.3. The Hall–Kier alpha value is 2.07. The van der Waals surface area contributed by atoms with Crippen LogP contribution in [0.2, 0.25) is 0 Å². The smallest absolute Gasteiger partial charge is 0.790 e. The van der Waals surface area contributed by atoms with Crippen molar-refractivity contribution >= 4 is 19.4 Å². The zero-order valence-corrected chi connectivity index (χ0v) is 20.3. The van der Waals surface area contributed by atoms with Gasteiger partial charge in [0.2, 0.25) is 5.91 Å². The number of carbonyl (C=O) groups is 1. The number of amides is 1. The van der Waals surface area contributed by atoms with Crippen LogP contribution in [0.15, 0.2) is 30.3 Å². The first-order valence-electron chi connectivity index (χ1n) is 6.49. The van der Waals surface area contributed by atoms with Crippen molar-refractivity contribution in [2.45, 2.75) is 32.1 Å². The zero-order chi connectivity index (χ0) is 14.8. The van der Waals surface area contributed by atoms with Gasteiger partial charge in [-0.05, 0) is 25.0 Å². The second-order valence-electron chi connectivity index (χ2n) is 4.36. The van der Waals surface area contributed by atoms with Gasteiger partial charge in [0.25, 0.3) is 0 Å². The van der Waals surface area contributed by atoms with E-state index in [1.165, 1.54) is 0 Å². The third-order valence-electron chi connectivity index (χ3n) is 2.61. The topological polar surface area (TPSA) is 102 Å². The maximum Gasteiger partial charge on any atom is 1.00 e. The maximum atomic E-state index is 11.6. The SMILES string of the molecule is O=C(CCCCCCOP(=O)([O-])[O-])Nc1ccccc1.[K+].[K+]. The Morgan fingerprint density at radius 2 is 1.64 bits per heavy atom. The molecule has 0 fully saturated rings. The summed E-state index contributed by atoms with van der Waals surface area (Å²) < 4.78 is 14.3. The van der Waals surface area contributed by atoms with Gasteiger partial charge in [-0.2, -0.15) is 0 Å². The molecule has 0 atom stereocenters. The Morgan fingerprint density at radius 1 is 1.05 bits per heavy atom. The monoisotopic (exact) mass is 377 g/mol. The van der Waals surface area contributed by atoms with Gasteiger partial charge in [-0.1, -0.05) is 31.0 Å². The summed E-state index contributed by atoms with van der Waals surface area (Å²) in [5, 5.41) is 2.78. The summed E-state index contributed by atoms with van der Waals surface area (Å²) in [6, 6.07) is 9.21. The fourth-order valence-corrected chi connectivity index (χ4v) is 2.02. The minimum atomic E-state index is -4.84. The molecule has 6 nitrogen and oxygen atoms in total. The Balaban J connectivity index is 0. The summed E-state index contributed by atoms with van der Waals surface area (Å²) >= 11 is 0. The zero-order valence-electron chi connectivity index (χ0n) is 13.1. The van der Waals surface area contributed by atoms with E-state index in [4.69, 9.17) is 0 Å². The summed E-state index contributed by atoms with van der Waals surface area (Å²) in [5.41, 5.74) is 0.771. The summed E-state index contributed by atoms with van der Waals surface area (Å²) in [5.74, 6) is -0.0453. The van der Waals surface area contributed by atoms with E-state index in [1.807, 2.05) is 30.3 Å². The number of hydrogen-bond donors (Lipinski definition) is 1. The van der Waals surface area contributed by atoms with Crippen LogP contribution >= 0.6 is 7.82 Å². The van der Waals surface area contributed by atoms with Crippen LogP contribution < -0.4 is 118 Å². The Morgan fingerprint density at radius 3 is 2.23 bits per heavy atom. The molecule has 0 saturated heterocycles. The summed E-state index contributed by atoms with van der Waals surface area (Å²) in [6.45, 7) is -0.0828. The molecular formula is C13H18K2NO5P. The largest absolute Gasteiger partial charge is 1.00 e. The maximum absolute atomic E-state index is 11.6.